The van der Waals surface area contributed by atoms with Gasteiger partial charge in [0.1, 0.15) is 0 Å². The number of halogens is 1. The summed E-state index contributed by atoms with van der Waals surface area (Å²) in [4.78, 5) is 32.1. The Bertz CT molecular complexity index is 1120. The summed E-state index contributed by atoms with van der Waals surface area (Å²) in [6, 6.07) is 12.9. The first-order valence-corrected chi connectivity index (χ1v) is 11.6. The first-order chi connectivity index (χ1) is 14.6. The van der Waals surface area contributed by atoms with Gasteiger partial charge in [-0.05, 0) is 55.2 Å². The molecule has 5 nitrogen and oxygen atoms in total. The zero-order chi connectivity index (χ0) is 21.1. The van der Waals surface area contributed by atoms with Crippen molar-refractivity contribution in [2.45, 2.75) is 43.6 Å². The maximum atomic E-state index is 12.9. The van der Waals surface area contributed by atoms with Crippen molar-refractivity contribution in [3.63, 3.8) is 0 Å². The fourth-order valence-electron chi connectivity index (χ4n) is 3.70. The smallest absolute Gasteiger partial charge is 0.262 e. The molecule has 0 aliphatic carbocycles. The number of thioether (sulfide) groups is 1. The molecule has 1 aromatic heterocycles. The Hall–Kier alpha value is -2.31. The van der Waals surface area contributed by atoms with Crippen LogP contribution in [0.4, 0.5) is 0 Å². The molecule has 0 saturated carbocycles. The molecule has 0 spiro atoms. The number of hydrogen-bond donors (Lipinski definition) is 0. The van der Waals surface area contributed by atoms with E-state index in [4.69, 9.17) is 16.6 Å². The van der Waals surface area contributed by atoms with Gasteiger partial charge in [0.15, 0.2) is 5.16 Å². The number of nitrogens with zero attached hydrogens (tertiary/aromatic N) is 3. The number of carbonyl (C=O) groups excluding carboxylic acids is 1. The lowest BCUT2D eigenvalue weighted by Crippen LogP contribution is -2.27. The lowest BCUT2D eigenvalue weighted by Gasteiger charge is -2.15. The van der Waals surface area contributed by atoms with Crippen molar-refractivity contribution in [2.75, 3.05) is 13.1 Å². The van der Waals surface area contributed by atoms with Gasteiger partial charge in [0.2, 0.25) is 0 Å². The SMILES string of the molecule is CCCn1c(SCc2ccc(C(=O)N3CCCC3)cc2)nc2cc(Cl)ccc2c1=O. The molecule has 4 rings (SSSR count). The topological polar surface area (TPSA) is 55.2 Å². The molecular weight excluding hydrogens is 418 g/mol. The summed E-state index contributed by atoms with van der Waals surface area (Å²) < 4.78 is 1.74. The lowest BCUT2D eigenvalue weighted by molar-refractivity contribution is 0.0793. The monoisotopic (exact) mass is 441 g/mol. The number of benzene rings is 2. The van der Waals surface area contributed by atoms with Gasteiger partial charge in [0, 0.05) is 36.0 Å². The molecule has 156 valence electrons. The van der Waals surface area contributed by atoms with Crippen molar-refractivity contribution in [1.82, 2.24) is 14.5 Å². The molecule has 0 bridgehead atoms. The van der Waals surface area contributed by atoms with E-state index in [2.05, 4.69) is 0 Å². The highest BCUT2D eigenvalue weighted by Crippen LogP contribution is 2.24. The van der Waals surface area contributed by atoms with Crippen molar-refractivity contribution in [2.24, 2.45) is 0 Å². The fraction of sp³-hybridized carbons (Fsp3) is 0.348. The highest BCUT2D eigenvalue weighted by Gasteiger charge is 2.19. The van der Waals surface area contributed by atoms with Crippen LogP contribution in [0.2, 0.25) is 5.02 Å². The first-order valence-electron chi connectivity index (χ1n) is 10.3. The van der Waals surface area contributed by atoms with Crippen molar-refractivity contribution < 1.29 is 4.79 Å². The van der Waals surface area contributed by atoms with E-state index in [9.17, 15) is 9.59 Å². The Morgan fingerprint density at radius 1 is 1.13 bits per heavy atom. The van der Waals surface area contributed by atoms with E-state index in [1.807, 2.05) is 36.1 Å². The summed E-state index contributed by atoms with van der Waals surface area (Å²) in [6.07, 6.45) is 3.02. The van der Waals surface area contributed by atoms with E-state index in [1.54, 1.807) is 22.8 Å². The molecule has 30 heavy (non-hydrogen) atoms. The molecule has 3 aromatic rings. The standard InChI is InChI=1S/C23H24ClN3O2S/c1-2-11-27-22(29)19-10-9-18(24)14-20(19)25-23(27)30-15-16-5-7-17(8-6-16)21(28)26-12-3-4-13-26/h5-10,14H,2-4,11-13,15H2,1H3. The average molecular weight is 442 g/mol. The van der Waals surface area contributed by atoms with Gasteiger partial charge < -0.3 is 4.90 Å². The van der Waals surface area contributed by atoms with E-state index in [-0.39, 0.29) is 11.5 Å². The Kier molecular flexibility index (Phi) is 6.44. The van der Waals surface area contributed by atoms with Gasteiger partial charge in [-0.15, -0.1) is 0 Å². The second kappa shape index (κ2) is 9.23. The minimum absolute atomic E-state index is 0.0347. The molecule has 1 amide bonds. The van der Waals surface area contributed by atoms with Crippen LogP contribution < -0.4 is 5.56 Å². The predicted molar refractivity (Wildman–Crippen MR) is 122 cm³/mol. The number of amides is 1. The number of carbonyl (C=O) groups is 1. The molecule has 0 radical (unpaired) electrons. The van der Waals surface area contributed by atoms with Crippen molar-refractivity contribution in [3.05, 3.63) is 69.0 Å². The van der Waals surface area contributed by atoms with Gasteiger partial charge in [-0.25, -0.2) is 4.98 Å². The summed E-state index contributed by atoms with van der Waals surface area (Å²) in [5.41, 5.74) is 2.40. The van der Waals surface area contributed by atoms with Crippen LogP contribution in [0.5, 0.6) is 0 Å². The van der Waals surface area contributed by atoms with Crippen LogP contribution in [-0.4, -0.2) is 33.4 Å². The van der Waals surface area contributed by atoms with E-state index < -0.39 is 0 Å². The van der Waals surface area contributed by atoms with Crippen molar-refractivity contribution in [1.29, 1.82) is 0 Å². The summed E-state index contributed by atoms with van der Waals surface area (Å²) in [5, 5.41) is 1.84. The van der Waals surface area contributed by atoms with E-state index in [0.29, 0.717) is 33.4 Å². The minimum Gasteiger partial charge on any atom is -0.339 e. The van der Waals surface area contributed by atoms with Crippen LogP contribution in [0.3, 0.4) is 0 Å². The number of aromatic nitrogens is 2. The quantitative estimate of drug-likeness (QED) is 0.399. The maximum absolute atomic E-state index is 12.9. The third kappa shape index (κ3) is 4.40. The maximum Gasteiger partial charge on any atom is 0.262 e. The molecular formula is C23H24ClN3O2S. The minimum atomic E-state index is -0.0347. The second-order valence-electron chi connectivity index (χ2n) is 7.50. The highest BCUT2D eigenvalue weighted by molar-refractivity contribution is 7.98. The summed E-state index contributed by atoms with van der Waals surface area (Å²) in [7, 11) is 0. The van der Waals surface area contributed by atoms with Crippen molar-refractivity contribution in [3.8, 4) is 0 Å². The first kappa shape index (κ1) is 20.9. The summed E-state index contributed by atoms with van der Waals surface area (Å²) in [6.45, 7) is 4.37. The van der Waals surface area contributed by atoms with Gasteiger partial charge in [0.25, 0.3) is 11.5 Å². The second-order valence-corrected chi connectivity index (χ2v) is 8.88. The molecule has 1 aliphatic heterocycles. The molecule has 1 aliphatic rings. The molecule has 2 heterocycles. The zero-order valence-corrected chi connectivity index (χ0v) is 18.5. The van der Waals surface area contributed by atoms with Crippen LogP contribution in [-0.2, 0) is 12.3 Å². The van der Waals surface area contributed by atoms with E-state index >= 15 is 0 Å². The Morgan fingerprint density at radius 2 is 1.87 bits per heavy atom. The van der Waals surface area contributed by atoms with E-state index in [0.717, 1.165) is 43.5 Å². The van der Waals surface area contributed by atoms with Crippen LogP contribution >= 0.6 is 23.4 Å². The summed E-state index contributed by atoms with van der Waals surface area (Å²) in [5.74, 6) is 0.775. The number of rotatable bonds is 6. The van der Waals surface area contributed by atoms with Crippen LogP contribution in [0, 0.1) is 0 Å². The van der Waals surface area contributed by atoms with Gasteiger partial charge >= 0.3 is 0 Å². The molecule has 1 fully saturated rings. The van der Waals surface area contributed by atoms with Crippen molar-refractivity contribution >= 4 is 40.2 Å². The van der Waals surface area contributed by atoms with Gasteiger partial charge in [-0.1, -0.05) is 42.4 Å². The molecule has 0 atom stereocenters. The van der Waals surface area contributed by atoms with Gasteiger partial charge in [-0.3, -0.25) is 14.2 Å². The number of fused-ring (bicyclic) bond motifs is 1. The lowest BCUT2D eigenvalue weighted by atomic mass is 10.1. The van der Waals surface area contributed by atoms with Crippen LogP contribution in [0.1, 0.15) is 42.1 Å². The third-order valence-corrected chi connectivity index (χ3v) is 6.57. The van der Waals surface area contributed by atoms with Gasteiger partial charge in [0.05, 0.1) is 10.9 Å². The fourth-order valence-corrected chi connectivity index (χ4v) is 4.85. The Balaban J connectivity index is 1.54. The average Bonchev–Trinajstić information content (AvgIpc) is 3.29. The Labute approximate surface area is 185 Å². The largest absolute Gasteiger partial charge is 0.339 e. The highest BCUT2D eigenvalue weighted by atomic mass is 35.5. The molecule has 7 heteroatoms. The zero-order valence-electron chi connectivity index (χ0n) is 16.9. The normalized spacial score (nSPS) is 13.9. The van der Waals surface area contributed by atoms with Crippen LogP contribution in [0.15, 0.2) is 52.4 Å². The van der Waals surface area contributed by atoms with Crippen LogP contribution in [0.25, 0.3) is 10.9 Å². The third-order valence-electron chi connectivity index (χ3n) is 5.29. The predicted octanol–water partition coefficient (Wildman–Crippen LogP) is 4.99. The molecule has 2 aromatic carbocycles. The number of likely N-dealkylation sites (tertiary alicyclic amines) is 1. The molecule has 1 saturated heterocycles. The van der Waals surface area contributed by atoms with E-state index in [1.165, 1.54) is 11.8 Å². The Morgan fingerprint density at radius 3 is 2.57 bits per heavy atom. The molecule has 0 N–H and O–H groups in total. The van der Waals surface area contributed by atoms with Gasteiger partial charge in [-0.2, -0.15) is 0 Å². The summed E-state index contributed by atoms with van der Waals surface area (Å²) >= 11 is 7.63. The number of hydrogen-bond acceptors (Lipinski definition) is 4. The molecule has 0 unspecified atom stereocenters.